The number of benzene rings is 1. The molecule has 0 saturated carbocycles. The number of amides is 2. The summed E-state index contributed by atoms with van der Waals surface area (Å²) in [7, 11) is 0. The lowest BCUT2D eigenvalue weighted by Gasteiger charge is -2.30. The Morgan fingerprint density at radius 3 is 2.55 bits per heavy atom. The fraction of sp³-hybridized carbons (Fsp3) is 0.556. The first-order valence-corrected chi connectivity index (χ1v) is 8.07. The van der Waals surface area contributed by atoms with Crippen LogP contribution in [0, 0.1) is 5.92 Å². The van der Waals surface area contributed by atoms with Crippen LogP contribution < -0.4 is 0 Å². The van der Waals surface area contributed by atoms with Crippen molar-refractivity contribution in [1.29, 1.82) is 0 Å². The average molecular weight is 302 g/mol. The molecule has 2 rings (SSSR count). The Bertz CT molecular complexity index is 540. The van der Waals surface area contributed by atoms with E-state index in [0.717, 1.165) is 13.0 Å². The minimum Gasteiger partial charge on any atom is -0.342 e. The summed E-state index contributed by atoms with van der Waals surface area (Å²) in [5, 5.41) is 0. The fourth-order valence-electron chi connectivity index (χ4n) is 2.92. The molecular formula is C18H26N2O2. The van der Waals surface area contributed by atoms with Crippen molar-refractivity contribution in [1.82, 2.24) is 9.80 Å². The summed E-state index contributed by atoms with van der Waals surface area (Å²) in [6, 6.07) is 8.30. The van der Waals surface area contributed by atoms with E-state index in [1.807, 2.05) is 17.0 Å². The van der Waals surface area contributed by atoms with Gasteiger partial charge in [0.25, 0.3) is 0 Å². The summed E-state index contributed by atoms with van der Waals surface area (Å²) in [6.07, 6.45) is 1.33. The minimum atomic E-state index is 0.0467. The van der Waals surface area contributed by atoms with Crippen molar-refractivity contribution in [2.24, 2.45) is 5.92 Å². The maximum atomic E-state index is 12.4. The van der Waals surface area contributed by atoms with E-state index < -0.39 is 0 Å². The molecular weight excluding hydrogens is 276 g/mol. The van der Waals surface area contributed by atoms with Crippen molar-refractivity contribution >= 4 is 11.8 Å². The van der Waals surface area contributed by atoms with Crippen LogP contribution >= 0.6 is 0 Å². The van der Waals surface area contributed by atoms with Gasteiger partial charge in [-0.1, -0.05) is 38.1 Å². The smallest absolute Gasteiger partial charge is 0.224 e. The van der Waals surface area contributed by atoms with Crippen LogP contribution in [0.15, 0.2) is 24.3 Å². The summed E-state index contributed by atoms with van der Waals surface area (Å²) in [5.74, 6) is 0.607. The number of nitrogens with zero attached hydrogens (tertiary/aromatic N) is 2. The molecule has 0 aromatic heterocycles. The number of hydrogen-bond donors (Lipinski definition) is 0. The molecule has 0 radical (unpaired) electrons. The largest absolute Gasteiger partial charge is 0.342 e. The predicted molar refractivity (Wildman–Crippen MR) is 87.3 cm³/mol. The van der Waals surface area contributed by atoms with Gasteiger partial charge in [0.05, 0.1) is 0 Å². The molecule has 0 saturated heterocycles. The normalized spacial score (nSPS) is 13.9. The number of fused-ring (bicyclic) bond motifs is 1. The molecule has 1 heterocycles. The lowest BCUT2D eigenvalue weighted by atomic mass is 10.00. The molecule has 0 bridgehead atoms. The zero-order valence-corrected chi connectivity index (χ0v) is 13.8. The van der Waals surface area contributed by atoms with E-state index >= 15 is 0 Å². The van der Waals surface area contributed by atoms with Gasteiger partial charge in [0, 0.05) is 39.5 Å². The molecule has 0 unspecified atom stereocenters. The highest BCUT2D eigenvalue weighted by Crippen LogP contribution is 2.19. The summed E-state index contributed by atoms with van der Waals surface area (Å²) in [5.41, 5.74) is 2.59. The van der Waals surface area contributed by atoms with Crippen LogP contribution in [0.2, 0.25) is 0 Å². The number of carbonyl (C=O) groups is 2. The first kappa shape index (κ1) is 16.5. The molecule has 4 heteroatoms. The number of carbonyl (C=O) groups excluding carboxylic acids is 2. The maximum Gasteiger partial charge on any atom is 0.224 e. The van der Waals surface area contributed by atoms with Gasteiger partial charge in [0.15, 0.2) is 0 Å². The second-order valence-corrected chi connectivity index (χ2v) is 6.44. The highest BCUT2D eigenvalue weighted by Gasteiger charge is 2.21. The molecule has 1 aliphatic heterocycles. The van der Waals surface area contributed by atoms with Crippen LogP contribution in [0.4, 0.5) is 0 Å². The Morgan fingerprint density at radius 2 is 1.91 bits per heavy atom. The highest BCUT2D eigenvalue weighted by atomic mass is 16.2. The van der Waals surface area contributed by atoms with Crippen molar-refractivity contribution in [2.45, 2.75) is 40.2 Å². The third-order valence-electron chi connectivity index (χ3n) is 4.11. The molecule has 22 heavy (non-hydrogen) atoms. The molecule has 0 N–H and O–H groups in total. The van der Waals surface area contributed by atoms with Gasteiger partial charge in [-0.25, -0.2) is 0 Å². The third kappa shape index (κ3) is 4.33. The summed E-state index contributed by atoms with van der Waals surface area (Å²) in [4.78, 5) is 27.7. The summed E-state index contributed by atoms with van der Waals surface area (Å²) < 4.78 is 0. The van der Waals surface area contributed by atoms with Gasteiger partial charge in [0.2, 0.25) is 11.8 Å². The summed E-state index contributed by atoms with van der Waals surface area (Å²) >= 11 is 0. The summed E-state index contributed by atoms with van der Waals surface area (Å²) in [6.45, 7) is 8.44. The molecule has 4 nitrogen and oxygen atoms in total. The zero-order valence-electron chi connectivity index (χ0n) is 13.8. The Morgan fingerprint density at radius 1 is 1.23 bits per heavy atom. The first-order chi connectivity index (χ1) is 10.5. The quantitative estimate of drug-likeness (QED) is 0.838. The highest BCUT2D eigenvalue weighted by molar-refractivity contribution is 5.78. The molecule has 1 aromatic rings. The Balaban J connectivity index is 1.89. The van der Waals surface area contributed by atoms with Gasteiger partial charge >= 0.3 is 0 Å². The van der Waals surface area contributed by atoms with E-state index in [1.165, 1.54) is 11.1 Å². The van der Waals surface area contributed by atoms with Gasteiger partial charge in [-0.3, -0.25) is 9.59 Å². The van der Waals surface area contributed by atoms with Crippen LogP contribution in [-0.4, -0.2) is 41.2 Å². The average Bonchev–Trinajstić information content (AvgIpc) is 2.50. The molecule has 120 valence electrons. The molecule has 2 amide bonds. The molecule has 0 aliphatic carbocycles. The van der Waals surface area contributed by atoms with Crippen molar-refractivity contribution in [3.05, 3.63) is 35.4 Å². The van der Waals surface area contributed by atoms with Crippen molar-refractivity contribution < 1.29 is 9.59 Å². The predicted octanol–water partition coefficient (Wildman–Crippen LogP) is 2.47. The number of rotatable bonds is 5. The van der Waals surface area contributed by atoms with Gasteiger partial charge in [-0.2, -0.15) is 0 Å². The topological polar surface area (TPSA) is 40.6 Å². The Hall–Kier alpha value is -1.84. The standard InChI is InChI=1S/C18H26N2O2/c1-14(2)12-19(15(3)21)11-9-18(22)20-10-8-16-6-4-5-7-17(16)13-20/h4-7,14H,8-13H2,1-3H3. The van der Waals surface area contributed by atoms with Crippen LogP contribution in [0.5, 0.6) is 0 Å². The van der Waals surface area contributed by atoms with E-state index in [0.29, 0.717) is 32.0 Å². The maximum absolute atomic E-state index is 12.4. The van der Waals surface area contributed by atoms with Gasteiger partial charge in [-0.15, -0.1) is 0 Å². The molecule has 1 aromatic carbocycles. The van der Waals surface area contributed by atoms with Crippen molar-refractivity contribution in [3.63, 3.8) is 0 Å². The van der Waals surface area contributed by atoms with Gasteiger partial charge in [0.1, 0.15) is 0 Å². The second kappa shape index (κ2) is 7.43. The zero-order chi connectivity index (χ0) is 16.1. The van der Waals surface area contributed by atoms with Crippen LogP contribution in [0.1, 0.15) is 38.3 Å². The molecule has 0 atom stereocenters. The van der Waals surface area contributed by atoms with Gasteiger partial charge in [-0.05, 0) is 23.5 Å². The fourth-order valence-corrected chi connectivity index (χ4v) is 2.92. The molecule has 1 aliphatic rings. The van der Waals surface area contributed by atoms with Gasteiger partial charge < -0.3 is 9.80 Å². The monoisotopic (exact) mass is 302 g/mol. The number of hydrogen-bond acceptors (Lipinski definition) is 2. The van der Waals surface area contributed by atoms with Crippen LogP contribution in [0.3, 0.4) is 0 Å². The minimum absolute atomic E-state index is 0.0467. The third-order valence-corrected chi connectivity index (χ3v) is 4.11. The van der Waals surface area contributed by atoms with E-state index in [4.69, 9.17) is 0 Å². The van der Waals surface area contributed by atoms with E-state index in [1.54, 1.807) is 11.8 Å². The molecule has 0 fully saturated rings. The SMILES string of the molecule is CC(=O)N(CCC(=O)N1CCc2ccccc2C1)CC(C)C. The van der Waals surface area contributed by atoms with Crippen LogP contribution in [-0.2, 0) is 22.6 Å². The molecule has 0 spiro atoms. The Labute approximate surface area is 133 Å². The lowest BCUT2D eigenvalue weighted by Crippen LogP contribution is -2.39. The first-order valence-electron chi connectivity index (χ1n) is 8.07. The second-order valence-electron chi connectivity index (χ2n) is 6.44. The van der Waals surface area contributed by atoms with E-state index in [-0.39, 0.29) is 11.8 Å². The van der Waals surface area contributed by atoms with Crippen molar-refractivity contribution in [2.75, 3.05) is 19.6 Å². The van der Waals surface area contributed by atoms with E-state index in [9.17, 15) is 9.59 Å². The van der Waals surface area contributed by atoms with Crippen LogP contribution in [0.25, 0.3) is 0 Å². The van der Waals surface area contributed by atoms with E-state index in [2.05, 4.69) is 26.0 Å². The lowest BCUT2D eigenvalue weighted by molar-refractivity contribution is -0.134. The van der Waals surface area contributed by atoms with Crippen molar-refractivity contribution in [3.8, 4) is 0 Å². The Kier molecular flexibility index (Phi) is 5.58.